The lowest BCUT2D eigenvalue weighted by molar-refractivity contribution is -0.145. The van der Waals surface area contributed by atoms with E-state index in [0.717, 1.165) is 21.1 Å². The van der Waals surface area contributed by atoms with Gasteiger partial charge in [0.25, 0.3) is 0 Å². The number of halogens is 4. The Hall–Kier alpha value is -1.28. The zero-order chi connectivity index (χ0) is 14.0. The van der Waals surface area contributed by atoms with Gasteiger partial charge >= 0.3 is 6.18 Å². The summed E-state index contributed by atoms with van der Waals surface area (Å²) in [4.78, 5) is 7.40. The fraction of sp³-hybridized carbons (Fsp3) is 0.0909. The van der Waals surface area contributed by atoms with Gasteiger partial charge in [-0.25, -0.2) is 9.97 Å². The van der Waals surface area contributed by atoms with Crippen LogP contribution in [0.25, 0.3) is 0 Å². The number of nitrogens with zero attached hydrogens (tertiary/aromatic N) is 2. The maximum Gasteiger partial charge on any atom is 0.451 e. The van der Waals surface area contributed by atoms with Crippen molar-refractivity contribution in [2.75, 3.05) is 5.73 Å². The van der Waals surface area contributed by atoms with Crippen LogP contribution in [-0.2, 0) is 6.18 Å². The maximum absolute atomic E-state index is 12.6. The first-order valence-corrected chi connectivity index (χ1v) is 6.61. The van der Waals surface area contributed by atoms with Crippen LogP contribution < -0.4 is 5.73 Å². The van der Waals surface area contributed by atoms with Crippen LogP contribution in [0.3, 0.4) is 0 Å². The van der Waals surface area contributed by atoms with Gasteiger partial charge in [0.1, 0.15) is 10.8 Å². The molecule has 0 amide bonds. The molecule has 0 radical (unpaired) electrons. The Morgan fingerprint density at radius 2 is 1.84 bits per heavy atom. The molecule has 8 heteroatoms. The van der Waals surface area contributed by atoms with E-state index in [1.807, 2.05) is 6.07 Å². The van der Waals surface area contributed by atoms with Crippen molar-refractivity contribution in [1.82, 2.24) is 9.97 Å². The van der Waals surface area contributed by atoms with Crippen molar-refractivity contribution >= 4 is 33.5 Å². The van der Waals surface area contributed by atoms with Crippen LogP contribution in [0.15, 0.2) is 44.7 Å². The quantitative estimate of drug-likeness (QED) is 0.832. The third-order valence-electron chi connectivity index (χ3n) is 2.03. The predicted octanol–water partition coefficient (Wildman–Crippen LogP) is 3.99. The molecule has 0 aliphatic heterocycles. The first-order chi connectivity index (χ1) is 8.86. The van der Waals surface area contributed by atoms with Gasteiger partial charge < -0.3 is 5.73 Å². The third kappa shape index (κ3) is 3.60. The van der Waals surface area contributed by atoms with Crippen LogP contribution in [0.4, 0.5) is 19.0 Å². The second kappa shape index (κ2) is 5.38. The Balaban J connectivity index is 2.36. The van der Waals surface area contributed by atoms with Crippen molar-refractivity contribution in [2.45, 2.75) is 16.1 Å². The van der Waals surface area contributed by atoms with Crippen molar-refractivity contribution in [2.24, 2.45) is 0 Å². The highest BCUT2D eigenvalue weighted by molar-refractivity contribution is 9.10. The van der Waals surface area contributed by atoms with Crippen molar-refractivity contribution in [1.29, 1.82) is 0 Å². The molecule has 2 rings (SSSR count). The van der Waals surface area contributed by atoms with Crippen LogP contribution in [0.5, 0.6) is 0 Å². The Labute approximate surface area is 119 Å². The molecule has 0 saturated carbocycles. The minimum Gasteiger partial charge on any atom is -0.384 e. The second-order valence-corrected chi connectivity index (χ2v) is 5.40. The van der Waals surface area contributed by atoms with Gasteiger partial charge in [-0.05, 0) is 28.1 Å². The lowest BCUT2D eigenvalue weighted by atomic mass is 10.4. The number of rotatable bonds is 2. The lowest BCUT2D eigenvalue weighted by Gasteiger charge is -2.08. The van der Waals surface area contributed by atoms with Gasteiger partial charge in [-0.1, -0.05) is 23.9 Å². The Bertz CT molecular complexity index is 604. The molecule has 100 valence electrons. The van der Waals surface area contributed by atoms with E-state index in [4.69, 9.17) is 5.73 Å². The average molecular weight is 350 g/mol. The molecule has 1 aromatic heterocycles. The van der Waals surface area contributed by atoms with Gasteiger partial charge in [-0.15, -0.1) is 0 Å². The molecular formula is C11H7BrF3N3S. The number of hydrogen-bond acceptors (Lipinski definition) is 4. The molecule has 0 fully saturated rings. The second-order valence-electron chi connectivity index (χ2n) is 3.48. The van der Waals surface area contributed by atoms with E-state index in [2.05, 4.69) is 25.9 Å². The van der Waals surface area contributed by atoms with Crippen LogP contribution >= 0.6 is 27.7 Å². The van der Waals surface area contributed by atoms with Crippen LogP contribution in [0.1, 0.15) is 5.82 Å². The highest BCUT2D eigenvalue weighted by Crippen LogP contribution is 2.34. The molecule has 0 spiro atoms. The molecular weight excluding hydrogens is 343 g/mol. The molecule has 1 heterocycles. The van der Waals surface area contributed by atoms with E-state index in [1.54, 1.807) is 18.2 Å². The van der Waals surface area contributed by atoms with Crippen molar-refractivity contribution in [3.8, 4) is 0 Å². The third-order valence-corrected chi connectivity index (χ3v) is 3.98. The molecule has 0 aliphatic rings. The smallest absolute Gasteiger partial charge is 0.384 e. The van der Waals surface area contributed by atoms with E-state index in [1.165, 1.54) is 6.07 Å². The molecule has 1 aromatic carbocycles. The van der Waals surface area contributed by atoms with Crippen LogP contribution in [0.2, 0.25) is 0 Å². The number of alkyl halides is 3. The highest BCUT2D eigenvalue weighted by atomic mass is 79.9. The van der Waals surface area contributed by atoms with Gasteiger partial charge in [-0.3, -0.25) is 0 Å². The van der Waals surface area contributed by atoms with E-state index >= 15 is 0 Å². The molecule has 2 N–H and O–H groups in total. The average Bonchev–Trinajstić information content (AvgIpc) is 2.30. The molecule has 0 bridgehead atoms. The first kappa shape index (κ1) is 14.1. The highest BCUT2D eigenvalue weighted by Gasteiger charge is 2.35. The largest absolute Gasteiger partial charge is 0.451 e. The summed E-state index contributed by atoms with van der Waals surface area (Å²) in [5.74, 6) is -1.45. The van der Waals surface area contributed by atoms with Gasteiger partial charge in [0.2, 0.25) is 5.82 Å². The van der Waals surface area contributed by atoms with Gasteiger partial charge in [0, 0.05) is 15.4 Å². The minimum atomic E-state index is -4.61. The fourth-order valence-corrected chi connectivity index (χ4v) is 2.64. The van der Waals surface area contributed by atoms with E-state index in [-0.39, 0.29) is 10.8 Å². The van der Waals surface area contributed by atoms with E-state index < -0.39 is 12.0 Å². The number of anilines is 1. The molecule has 0 unspecified atom stereocenters. The van der Waals surface area contributed by atoms with Crippen LogP contribution in [-0.4, -0.2) is 9.97 Å². The summed E-state index contributed by atoms with van der Waals surface area (Å²) >= 11 is 4.39. The number of aromatic nitrogens is 2. The Morgan fingerprint density at radius 1 is 1.16 bits per heavy atom. The monoisotopic (exact) mass is 349 g/mol. The Morgan fingerprint density at radius 3 is 2.47 bits per heavy atom. The van der Waals surface area contributed by atoms with Gasteiger partial charge in [0.05, 0.1) is 0 Å². The van der Waals surface area contributed by atoms with Crippen molar-refractivity contribution < 1.29 is 13.2 Å². The SMILES string of the molecule is Nc1cc(Sc2ccccc2Br)nc(C(F)(F)F)n1. The molecule has 0 atom stereocenters. The van der Waals surface area contributed by atoms with Gasteiger partial charge in [-0.2, -0.15) is 13.2 Å². The summed E-state index contributed by atoms with van der Waals surface area (Å²) in [6.45, 7) is 0. The number of hydrogen-bond donors (Lipinski definition) is 1. The van der Waals surface area contributed by atoms with Crippen LogP contribution in [0, 0.1) is 0 Å². The summed E-state index contributed by atoms with van der Waals surface area (Å²) in [7, 11) is 0. The summed E-state index contributed by atoms with van der Waals surface area (Å²) in [5, 5.41) is 0.145. The van der Waals surface area contributed by atoms with Gasteiger partial charge in [0.15, 0.2) is 0 Å². The van der Waals surface area contributed by atoms with E-state index in [0.29, 0.717) is 0 Å². The zero-order valence-electron chi connectivity index (χ0n) is 9.28. The molecule has 0 aliphatic carbocycles. The minimum absolute atomic E-state index is 0.145. The predicted molar refractivity (Wildman–Crippen MR) is 69.7 cm³/mol. The Kier molecular flexibility index (Phi) is 4.00. The topological polar surface area (TPSA) is 51.8 Å². The van der Waals surface area contributed by atoms with Crippen molar-refractivity contribution in [3.63, 3.8) is 0 Å². The molecule has 3 nitrogen and oxygen atoms in total. The number of nitrogens with two attached hydrogens (primary N) is 1. The molecule has 19 heavy (non-hydrogen) atoms. The summed E-state index contributed by atoms with van der Waals surface area (Å²) in [6.07, 6.45) is -4.61. The summed E-state index contributed by atoms with van der Waals surface area (Å²) in [6, 6.07) is 8.45. The molecule has 0 saturated heterocycles. The molecule has 2 aromatic rings. The standard InChI is InChI=1S/C11H7BrF3N3S/c12-6-3-1-2-4-7(6)19-9-5-8(16)17-10(18-9)11(13,14)15/h1-5H,(H2,16,17,18). The lowest BCUT2D eigenvalue weighted by Crippen LogP contribution is -2.12. The normalized spacial score (nSPS) is 11.6. The maximum atomic E-state index is 12.6. The number of benzene rings is 1. The number of nitrogen functional groups attached to an aromatic ring is 1. The zero-order valence-corrected chi connectivity index (χ0v) is 11.7. The fourth-order valence-electron chi connectivity index (χ4n) is 1.26. The van der Waals surface area contributed by atoms with E-state index in [9.17, 15) is 13.2 Å². The summed E-state index contributed by atoms with van der Waals surface area (Å²) in [5.41, 5.74) is 5.37. The van der Waals surface area contributed by atoms with Crippen molar-refractivity contribution in [3.05, 3.63) is 40.6 Å². The summed E-state index contributed by atoms with van der Waals surface area (Å²) < 4.78 is 38.5. The first-order valence-electron chi connectivity index (χ1n) is 5.00.